The van der Waals surface area contributed by atoms with Crippen LogP contribution in [0.15, 0.2) is 18.2 Å². The Kier molecular flexibility index (Phi) is 5.71. The molecule has 0 bridgehead atoms. The van der Waals surface area contributed by atoms with E-state index in [4.69, 9.17) is 0 Å². The van der Waals surface area contributed by atoms with Crippen molar-refractivity contribution in [2.24, 2.45) is 5.92 Å². The van der Waals surface area contributed by atoms with Crippen LogP contribution in [0.5, 0.6) is 0 Å². The number of nitrogens with one attached hydrogen (secondary N) is 1. The SMILES string of the molecule is CC(C)CN(CC1CCCN1)C(C)c1cc(F)ccc1F. The van der Waals surface area contributed by atoms with Crippen LogP contribution in [0.3, 0.4) is 0 Å². The maximum Gasteiger partial charge on any atom is 0.128 e. The van der Waals surface area contributed by atoms with Crippen LogP contribution in [0.1, 0.15) is 45.2 Å². The van der Waals surface area contributed by atoms with E-state index in [1.165, 1.54) is 24.6 Å². The molecular weight excluding hydrogens is 270 g/mol. The molecule has 1 aliphatic heterocycles. The van der Waals surface area contributed by atoms with E-state index in [0.29, 0.717) is 17.5 Å². The van der Waals surface area contributed by atoms with Crippen molar-refractivity contribution in [2.45, 2.75) is 45.7 Å². The Morgan fingerprint density at radius 2 is 2.05 bits per heavy atom. The second kappa shape index (κ2) is 7.32. The first-order valence-electron chi connectivity index (χ1n) is 7.89. The van der Waals surface area contributed by atoms with Gasteiger partial charge in [-0.2, -0.15) is 0 Å². The van der Waals surface area contributed by atoms with Gasteiger partial charge in [-0.3, -0.25) is 4.90 Å². The molecule has 0 amide bonds. The summed E-state index contributed by atoms with van der Waals surface area (Å²) in [7, 11) is 0. The predicted octanol–water partition coefficient (Wildman–Crippen LogP) is 3.74. The highest BCUT2D eigenvalue weighted by atomic mass is 19.1. The van der Waals surface area contributed by atoms with Gasteiger partial charge in [0.25, 0.3) is 0 Å². The number of benzene rings is 1. The van der Waals surface area contributed by atoms with Gasteiger partial charge in [0.15, 0.2) is 0 Å². The van der Waals surface area contributed by atoms with Crippen LogP contribution < -0.4 is 5.32 Å². The molecule has 2 rings (SSSR count). The lowest BCUT2D eigenvalue weighted by Crippen LogP contribution is -2.41. The molecule has 1 fully saturated rings. The third kappa shape index (κ3) is 4.48. The van der Waals surface area contributed by atoms with Gasteiger partial charge in [0.05, 0.1) is 0 Å². The van der Waals surface area contributed by atoms with E-state index in [2.05, 4.69) is 24.1 Å². The van der Waals surface area contributed by atoms with E-state index in [1.807, 2.05) is 6.92 Å². The average molecular weight is 296 g/mol. The summed E-state index contributed by atoms with van der Waals surface area (Å²) in [5, 5.41) is 3.48. The Hall–Kier alpha value is -1.00. The normalized spacial score (nSPS) is 20.4. The second-order valence-corrected chi connectivity index (χ2v) is 6.48. The zero-order chi connectivity index (χ0) is 15.4. The summed E-state index contributed by atoms with van der Waals surface area (Å²) in [5.41, 5.74) is 0.452. The number of rotatable bonds is 6. The number of hydrogen-bond donors (Lipinski definition) is 1. The summed E-state index contributed by atoms with van der Waals surface area (Å²) in [4.78, 5) is 2.27. The van der Waals surface area contributed by atoms with Gasteiger partial charge in [-0.15, -0.1) is 0 Å². The minimum Gasteiger partial charge on any atom is -0.313 e. The molecule has 2 nitrogen and oxygen atoms in total. The van der Waals surface area contributed by atoms with E-state index in [1.54, 1.807) is 0 Å². The minimum absolute atomic E-state index is 0.120. The smallest absolute Gasteiger partial charge is 0.128 e. The van der Waals surface area contributed by atoms with Gasteiger partial charge in [-0.25, -0.2) is 8.78 Å². The molecule has 118 valence electrons. The fourth-order valence-corrected chi connectivity index (χ4v) is 3.09. The fourth-order valence-electron chi connectivity index (χ4n) is 3.09. The van der Waals surface area contributed by atoms with Crippen molar-refractivity contribution in [1.82, 2.24) is 10.2 Å². The van der Waals surface area contributed by atoms with Gasteiger partial charge in [0.2, 0.25) is 0 Å². The summed E-state index contributed by atoms with van der Waals surface area (Å²) >= 11 is 0. The Labute approximate surface area is 126 Å². The van der Waals surface area contributed by atoms with Crippen molar-refractivity contribution in [2.75, 3.05) is 19.6 Å². The topological polar surface area (TPSA) is 15.3 Å². The number of halogens is 2. The van der Waals surface area contributed by atoms with Crippen LogP contribution >= 0.6 is 0 Å². The molecular formula is C17H26F2N2. The van der Waals surface area contributed by atoms with Crippen molar-refractivity contribution < 1.29 is 8.78 Å². The van der Waals surface area contributed by atoms with Crippen molar-refractivity contribution in [1.29, 1.82) is 0 Å². The van der Waals surface area contributed by atoms with Crippen LogP contribution in [0.2, 0.25) is 0 Å². The van der Waals surface area contributed by atoms with Gasteiger partial charge in [0.1, 0.15) is 11.6 Å². The molecule has 0 saturated carbocycles. The zero-order valence-corrected chi connectivity index (χ0v) is 13.2. The zero-order valence-electron chi connectivity index (χ0n) is 13.2. The van der Waals surface area contributed by atoms with E-state index in [0.717, 1.165) is 26.1 Å². The monoisotopic (exact) mass is 296 g/mol. The molecule has 2 unspecified atom stereocenters. The third-order valence-electron chi connectivity index (χ3n) is 4.17. The molecule has 1 aromatic rings. The molecule has 1 aliphatic rings. The van der Waals surface area contributed by atoms with Crippen LogP contribution in [0.25, 0.3) is 0 Å². The van der Waals surface area contributed by atoms with E-state index in [9.17, 15) is 8.78 Å². The number of hydrogen-bond acceptors (Lipinski definition) is 2. The molecule has 1 N–H and O–H groups in total. The second-order valence-electron chi connectivity index (χ2n) is 6.48. The Morgan fingerprint density at radius 3 is 2.67 bits per heavy atom. The highest BCUT2D eigenvalue weighted by molar-refractivity contribution is 5.22. The summed E-state index contributed by atoms with van der Waals surface area (Å²) in [6.07, 6.45) is 2.36. The fraction of sp³-hybridized carbons (Fsp3) is 0.647. The molecule has 0 spiro atoms. The van der Waals surface area contributed by atoms with Gasteiger partial charge < -0.3 is 5.32 Å². The Balaban J connectivity index is 2.15. The highest BCUT2D eigenvalue weighted by Crippen LogP contribution is 2.25. The minimum atomic E-state index is -0.373. The number of nitrogens with zero attached hydrogens (tertiary/aromatic N) is 1. The van der Waals surface area contributed by atoms with Gasteiger partial charge in [-0.05, 0) is 50.4 Å². The lowest BCUT2D eigenvalue weighted by molar-refractivity contribution is 0.168. The molecule has 0 aromatic heterocycles. The summed E-state index contributed by atoms with van der Waals surface area (Å²) in [6, 6.07) is 4.07. The molecule has 2 atom stereocenters. The largest absolute Gasteiger partial charge is 0.313 e. The molecule has 21 heavy (non-hydrogen) atoms. The average Bonchev–Trinajstić information content (AvgIpc) is 2.92. The standard InChI is InChI=1S/C17H26F2N2/c1-12(2)10-21(11-15-5-4-8-20-15)13(3)16-9-14(18)6-7-17(16)19/h6-7,9,12-13,15,20H,4-5,8,10-11H2,1-3H3. The van der Waals surface area contributed by atoms with E-state index >= 15 is 0 Å². The van der Waals surface area contributed by atoms with E-state index in [-0.39, 0.29) is 17.7 Å². The quantitative estimate of drug-likeness (QED) is 0.860. The molecule has 0 radical (unpaired) electrons. The molecule has 1 saturated heterocycles. The van der Waals surface area contributed by atoms with Gasteiger partial charge in [-0.1, -0.05) is 13.8 Å². The van der Waals surface area contributed by atoms with Crippen molar-refractivity contribution in [3.8, 4) is 0 Å². The maximum atomic E-state index is 14.0. The Bertz CT molecular complexity index is 456. The van der Waals surface area contributed by atoms with Crippen LogP contribution in [0.4, 0.5) is 8.78 Å². The van der Waals surface area contributed by atoms with Crippen LogP contribution in [-0.4, -0.2) is 30.6 Å². The molecule has 4 heteroatoms. The van der Waals surface area contributed by atoms with E-state index < -0.39 is 0 Å². The summed E-state index contributed by atoms with van der Waals surface area (Å²) in [5.74, 6) is -0.204. The van der Waals surface area contributed by atoms with Crippen molar-refractivity contribution in [3.63, 3.8) is 0 Å². The van der Waals surface area contributed by atoms with Crippen LogP contribution in [0, 0.1) is 17.6 Å². The molecule has 1 aromatic carbocycles. The first-order valence-corrected chi connectivity index (χ1v) is 7.89. The van der Waals surface area contributed by atoms with Crippen molar-refractivity contribution in [3.05, 3.63) is 35.4 Å². The first-order chi connectivity index (χ1) is 9.97. The third-order valence-corrected chi connectivity index (χ3v) is 4.17. The van der Waals surface area contributed by atoms with Crippen molar-refractivity contribution >= 4 is 0 Å². The summed E-state index contributed by atoms with van der Waals surface area (Å²) in [6.45, 7) is 9.11. The Morgan fingerprint density at radius 1 is 1.29 bits per heavy atom. The van der Waals surface area contributed by atoms with Gasteiger partial charge >= 0.3 is 0 Å². The predicted molar refractivity (Wildman–Crippen MR) is 82.2 cm³/mol. The lowest BCUT2D eigenvalue weighted by atomic mass is 10.0. The van der Waals surface area contributed by atoms with Gasteiger partial charge in [0, 0.05) is 30.7 Å². The van der Waals surface area contributed by atoms with Crippen LogP contribution in [-0.2, 0) is 0 Å². The maximum absolute atomic E-state index is 14.0. The lowest BCUT2D eigenvalue weighted by Gasteiger charge is -2.33. The highest BCUT2D eigenvalue weighted by Gasteiger charge is 2.24. The first kappa shape index (κ1) is 16.4. The molecule has 0 aliphatic carbocycles. The molecule has 1 heterocycles. The summed E-state index contributed by atoms with van der Waals surface area (Å²) < 4.78 is 27.5.